The first-order valence-corrected chi connectivity index (χ1v) is 8.62. The van der Waals surface area contributed by atoms with Crippen molar-refractivity contribution >= 4 is 17.4 Å². The number of carbonyl (C=O) groups excluding carboxylic acids is 2. The number of β-amino-alcohol motifs (C(OH)–C–C–N with tert-alkyl or cyclic N) is 1. The zero-order chi connectivity index (χ0) is 19.7. The number of likely N-dealkylation sites (tertiary alicyclic amines) is 1. The van der Waals surface area contributed by atoms with E-state index in [2.05, 4.69) is 0 Å². The molecule has 1 aliphatic rings. The van der Waals surface area contributed by atoms with Crippen LogP contribution in [0.2, 0.25) is 0 Å². The molecule has 0 bridgehead atoms. The SMILES string of the molecule is Cc1ccc(C(O)=C2C(=O)C(=O)N(CC(C)O)C2c2ccc(O)cc2)cc1. The van der Waals surface area contributed by atoms with E-state index >= 15 is 0 Å². The number of benzene rings is 2. The Morgan fingerprint density at radius 1 is 1.07 bits per heavy atom. The summed E-state index contributed by atoms with van der Waals surface area (Å²) in [6.07, 6.45) is -0.845. The first-order valence-electron chi connectivity index (χ1n) is 8.62. The van der Waals surface area contributed by atoms with Gasteiger partial charge in [0.2, 0.25) is 0 Å². The minimum absolute atomic E-state index is 0.0322. The molecule has 1 heterocycles. The molecule has 2 aromatic carbocycles. The molecule has 6 nitrogen and oxygen atoms in total. The monoisotopic (exact) mass is 367 g/mol. The molecule has 27 heavy (non-hydrogen) atoms. The Hall–Kier alpha value is -3.12. The predicted molar refractivity (Wildman–Crippen MR) is 100.0 cm³/mol. The summed E-state index contributed by atoms with van der Waals surface area (Å²) in [5.41, 5.74) is 1.95. The maximum Gasteiger partial charge on any atom is 0.295 e. The third-order valence-corrected chi connectivity index (χ3v) is 4.53. The van der Waals surface area contributed by atoms with Gasteiger partial charge in [-0.1, -0.05) is 42.0 Å². The Morgan fingerprint density at radius 3 is 2.22 bits per heavy atom. The van der Waals surface area contributed by atoms with Crippen LogP contribution in [0, 0.1) is 6.92 Å². The Bertz CT molecular complexity index is 897. The lowest BCUT2D eigenvalue weighted by Crippen LogP contribution is -2.35. The van der Waals surface area contributed by atoms with Gasteiger partial charge in [-0.15, -0.1) is 0 Å². The molecule has 1 amide bonds. The second kappa shape index (κ2) is 7.25. The summed E-state index contributed by atoms with van der Waals surface area (Å²) in [6.45, 7) is 3.37. The zero-order valence-corrected chi connectivity index (χ0v) is 15.1. The lowest BCUT2D eigenvalue weighted by Gasteiger charge is -2.26. The number of aliphatic hydroxyl groups excluding tert-OH is 2. The summed E-state index contributed by atoms with van der Waals surface area (Å²) in [6, 6.07) is 12.2. The van der Waals surface area contributed by atoms with Gasteiger partial charge in [-0.25, -0.2) is 0 Å². The third-order valence-electron chi connectivity index (χ3n) is 4.53. The van der Waals surface area contributed by atoms with Gasteiger partial charge >= 0.3 is 0 Å². The van der Waals surface area contributed by atoms with Gasteiger partial charge in [0.05, 0.1) is 17.7 Å². The Balaban J connectivity index is 2.17. The van der Waals surface area contributed by atoms with E-state index in [0.29, 0.717) is 11.1 Å². The van der Waals surface area contributed by atoms with Crippen LogP contribution in [0.1, 0.15) is 29.7 Å². The molecule has 3 rings (SSSR count). The van der Waals surface area contributed by atoms with Crippen molar-refractivity contribution < 1.29 is 24.9 Å². The first-order chi connectivity index (χ1) is 12.8. The van der Waals surface area contributed by atoms with Crippen molar-refractivity contribution in [1.29, 1.82) is 0 Å². The molecule has 2 aromatic rings. The molecule has 1 fully saturated rings. The average molecular weight is 367 g/mol. The number of phenolic OH excluding ortho intramolecular Hbond substituents is 1. The molecular formula is C21H21NO5. The molecule has 3 N–H and O–H groups in total. The second-order valence-corrected chi connectivity index (χ2v) is 6.76. The van der Waals surface area contributed by atoms with Crippen LogP contribution in [0.3, 0.4) is 0 Å². The highest BCUT2D eigenvalue weighted by Gasteiger charge is 2.46. The topological polar surface area (TPSA) is 98.1 Å². The van der Waals surface area contributed by atoms with E-state index in [4.69, 9.17) is 0 Å². The van der Waals surface area contributed by atoms with E-state index < -0.39 is 23.8 Å². The van der Waals surface area contributed by atoms with E-state index in [1.165, 1.54) is 24.0 Å². The molecule has 0 aromatic heterocycles. The Morgan fingerprint density at radius 2 is 1.67 bits per heavy atom. The predicted octanol–water partition coefficient (Wildman–Crippen LogP) is 2.50. The summed E-state index contributed by atoms with van der Waals surface area (Å²) in [5.74, 6) is -1.79. The maximum absolute atomic E-state index is 12.7. The van der Waals surface area contributed by atoms with E-state index in [0.717, 1.165) is 5.56 Å². The van der Waals surface area contributed by atoms with Crippen molar-refractivity contribution in [3.8, 4) is 5.75 Å². The summed E-state index contributed by atoms with van der Waals surface area (Å²) in [7, 11) is 0. The number of aryl methyl sites for hydroxylation is 1. The highest BCUT2D eigenvalue weighted by atomic mass is 16.3. The standard InChI is InChI=1S/C21H21NO5/c1-12-3-5-15(6-4-12)19(25)17-18(14-7-9-16(24)10-8-14)22(11-13(2)23)21(27)20(17)26/h3-10,13,18,23-25H,11H2,1-2H3. The van der Waals surface area contributed by atoms with Crippen LogP contribution in [0.5, 0.6) is 5.75 Å². The molecule has 2 atom stereocenters. The van der Waals surface area contributed by atoms with Gasteiger partial charge in [0.25, 0.3) is 11.7 Å². The number of carbonyl (C=O) groups is 2. The van der Waals surface area contributed by atoms with Crippen molar-refractivity contribution in [2.75, 3.05) is 6.54 Å². The van der Waals surface area contributed by atoms with Gasteiger partial charge in [0.1, 0.15) is 11.5 Å². The Kier molecular flexibility index (Phi) is 5.01. The van der Waals surface area contributed by atoms with Crippen molar-refractivity contribution in [3.63, 3.8) is 0 Å². The van der Waals surface area contributed by atoms with Crippen molar-refractivity contribution in [2.24, 2.45) is 0 Å². The van der Waals surface area contributed by atoms with E-state index in [1.807, 2.05) is 6.92 Å². The summed E-state index contributed by atoms with van der Waals surface area (Å²) in [4.78, 5) is 26.5. The number of hydrogen-bond donors (Lipinski definition) is 3. The van der Waals surface area contributed by atoms with E-state index in [9.17, 15) is 24.9 Å². The normalized spacial score (nSPS) is 20.1. The minimum atomic E-state index is -0.846. The van der Waals surface area contributed by atoms with Crippen LogP contribution in [0.15, 0.2) is 54.1 Å². The molecule has 0 saturated carbocycles. The molecule has 140 valence electrons. The van der Waals surface area contributed by atoms with Crippen LogP contribution < -0.4 is 0 Å². The fraction of sp³-hybridized carbons (Fsp3) is 0.238. The third kappa shape index (κ3) is 3.57. The van der Waals surface area contributed by atoms with E-state index in [-0.39, 0.29) is 23.6 Å². The summed E-state index contributed by atoms with van der Waals surface area (Å²) < 4.78 is 0. The number of aliphatic hydroxyl groups is 2. The molecule has 6 heteroatoms. The summed E-state index contributed by atoms with van der Waals surface area (Å²) >= 11 is 0. The lowest BCUT2D eigenvalue weighted by atomic mass is 9.95. The van der Waals surface area contributed by atoms with Crippen molar-refractivity contribution in [2.45, 2.75) is 26.0 Å². The van der Waals surface area contributed by atoms with Crippen molar-refractivity contribution in [1.82, 2.24) is 4.90 Å². The van der Waals surface area contributed by atoms with Crippen LogP contribution in [-0.2, 0) is 9.59 Å². The molecule has 2 unspecified atom stereocenters. The summed E-state index contributed by atoms with van der Waals surface area (Å²) in [5, 5.41) is 30.1. The second-order valence-electron chi connectivity index (χ2n) is 6.76. The maximum atomic E-state index is 12.7. The van der Waals surface area contributed by atoms with Gasteiger partial charge in [-0.05, 0) is 31.5 Å². The number of nitrogens with zero attached hydrogens (tertiary/aromatic N) is 1. The zero-order valence-electron chi connectivity index (χ0n) is 15.1. The molecular weight excluding hydrogens is 346 g/mol. The van der Waals surface area contributed by atoms with Gasteiger partial charge in [0.15, 0.2) is 0 Å². The number of Topliss-reactive ketones (excluding diaryl/α,β-unsaturated/α-hetero) is 1. The molecule has 0 aliphatic carbocycles. The van der Waals surface area contributed by atoms with Gasteiger partial charge in [-0.2, -0.15) is 0 Å². The van der Waals surface area contributed by atoms with E-state index in [1.54, 1.807) is 36.4 Å². The highest BCUT2D eigenvalue weighted by Crippen LogP contribution is 2.39. The average Bonchev–Trinajstić information content (AvgIpc) is 2.87. The minimum Gasteiger partial charge on any atom is -0.508 e. The largest absolute Gasteiger partial charge is 0.508 e. The highest BCUT2D eigenvalue weighted by molar-refractivity contribution is 6.46. The Labute approximate surface area is 157 Å². The quantitative estimate of drug-likeness (QED) is 0.438. The fourth-order valence-electron chi connectivity index (χ4n) is 3.22. The number of amides is 1. The van der Waals surface area contributed by atoms with Gasteiger partial charge in [0, 0.05) is 12.1 Å². The molecule has 0 radical (unpaired) electrons. The van der Waals surface area contributed by atoms with Crippen molar-refractivity contribution in [3.05, 3.63) is 70.8 Å². The van der Waals surface area contributed by atoms with Crippen LogP contribution >= 0.6 is 0 Å². The smallest absolute Gasteiger partial charge is 0.295 e. The van der Waals surface area contributed by atoms with Crippen LogP contribution in [-0.4, -0.2) is 44.6 Å². The fourth-order valence-corrected chi connectivity index (χ4v) is 3.22. The number of hydrogen-bond acceptors (Lipinski definition) is 5. The number of phenols is 1. The van der Waals surface area contributed by atoms with Crippen LogP contribution in [0.4, 0.5) is 0 Å². The molecule has 1 saturated heterocycles. The number of ketones is 1. The molecule has 1 aliphatic heterocycles. The lowest BCUT2D eigenvalue weighted by molar-refractivity contribution is -0.140. The first kappa shape index (κ1) is 18.7. The van der Waals surface area contributed by atoms with Gasteiger partial charge < -0.3 is 20.2 Å². The molecule has 0 spiro atoms. The van der Waals surface area contributed by atoms with Gasteiger partial charge in [-0.3, -0.25) is 9.59 Å². The number of rotatable bonds is 4. The number of aromatic hydroxyl groups is 1. The van der Waals surface area contributed by atoms with Crippen LogP contribution in [0.25, 0.3) is 5.76 Å².